The van der Waals surface area contributed by atoms with Crippen LogP contribution in [0, 0.1) is 0 Å². The molecule has 5 aromatic rings. The van der Waals surface area contributed by atoms with Crippen molar-refractivity contribution in [3.05, 3.63) is 90.9 Å². The fourth-order valence-electron chi connectivity index (χ4n) is 3.44. The molecule has 2 aromatic carbocycles. The van der Waals surface area contributed by atoms with Crippen molar-refractivity contribution in [1.29, 1.82) is 0 Å². The topological polar surface area (TPSA) is 32.0 Å². The van der Waals surface area contributed by atoms with Gasteiger partial charge in [0.25, 0.3) is 0 Å². The second kappa shape index (κ2) is 6.32. The van der Waals surface area contributed by atoms with Crippen molar-refractivity contribution in [2.75, 3.05) is 0 Å². The van der Waals surface area contributed by atoms with Crippen LogP contribution in [0.1, 0.15) is 5.56 Å². The van der Waals surface area contributed by atoms with E-state index >= 15 is 0 Å². The lowest BCUT2D eigenvalue weighted by Crippen LogP contribution is -2.09. The van der Waals surface area contributed by atoms with Crippen molar-refractivity contribution in [3.8, 4) is 11.1 Å². The molecule has 0 fully saturated rings. The highest BCUT2D eigenvalue weighted by atomic mass is 16.7. The first kappa shape index (κ1) is 15.7. The van der Waals surface area contributed by atoms with Crippen LogP contribution in [0.3, 0.4) is 0 Å². The molecule has 0 amide bonds. The van der Waals surface area contributed by atoms with E-state index in [1.165, 1.54) is 10.9 Å². The summed E-state index contributed by atoms with van der Waals surface area (Å²) in [6.45, 7) is 0.519. The zero-order chi connectivity index (χ0) is 18.2. The number of nitrogens with zero attached hydrogens (tertiary/aromatic N) is 3. The number of fused-ring (bicyclic) bond motifs is 2. The van der Waals surface area contributed by atoms with Crippen LogP contribution < -0.4 is 4.84 Å². The van der Waals surface area contributed by atoms with Gasteiger partial charge in [0.2, 0.25) is 0 Å². The molecule has 0 unspecified atom stereocenters. The van der Waals surface area contributed by atoms with Crippen molar-refractivity contribution >= 4 is 21.9 Å². The molecule has 0 aliphatic rings. The molecule has 5 rings (SSSR count). The van der Waals surface area contributed by atoms with Crippen molar-refractivity contribution < 1.29 is 4.84 Å². The lowest BCUT2D eigenvalue weighted by Gasteiger charge is -2.09. The summed E-state index contributed by atoms with van der Waals surface area (Å²) in [6, 6.07) is 22.9. The number of benzene rings is 2. The third kappa shape index (κ3) is 2.85. The van der Waals surface area contributed by atoms with Crippen molar-refractivity contribution in [2.45, 2.75) is 6.61 Å². The molecule has 27 heavy (non-hydrogen) atoms. The molecule has 0 bridgehead atoms. The Hall–Kier alpha value is -3.53. The third-order valence-corrected chi connectivity index (χ3v) is 4.93. The van der Waals surface area contributed by atoms with Crippen LogP contribution >= 0.6 is 0 Å². The van der Waals surface area contributed by atoms with Crippen molar-refractivity contribution in [3.63, 3.8) is 0 Å². The maximum absolute atomic E-state index is 5.98. The second-order valence-corrected chi connectivity index (χ2v) is 6.73. The minimum Gasteiger partial charge on any atom is -0.409 e. The lowest BCUT2D eigenvalue weighted by molar-refractivity contribution is 0.107. The van der Waals surface area contributed by atoms with E-state index in [1.807, 2.05) is 36.7 Å². The molecule has 0 aliphatic carbocycles. The summed E-state index contributed by atoms with van der Waals surface area (Å²) in [7, 11) is 2.06. The SMILES string of the molecule is Cn1ccc2cc(-c3cnc4ccn(OCc5ccccc5)c4c3)ccc21. The van der Waals surface area contributed by atoms with Gasteiger partial charge in [0, 0.05) is 42.1 Å². The predicted molar refractivity (Wildman–Crippen MR) is 108 cm³/mol. The quantitative estimate of drug-likeness (QED) is 0.464. The summed E-state index contributed by atoms with van der Waals surface area (Å²) in [6.07, 6.45) is 5.93. The van der Waals surface area contributed by atoms with Crippen LogP contribution in [0.25, 0.3) is 33.1 Å². The van der Waals surface area contributed by atoms with Gasteiger partial charge in [-0.15, -0.1) is 0 Å². The molecule has 3 heterocycles. The normalized spacial score (nSPS) is 11.3. The van der Waals surface area contributed by atoms with E-state index in [-0.39, 0.29) is 0 Å². The number of rotatable bonds is 4. The first-order chi connectivity index (χ1) is 13.3. The molecule has 4 nitrogen and oxygen atoms in total. The minimum absolute atomic E-state index is 0.519. The summed E-state index contributed by atoms with van der Waals surface area (Å²) in [4.78, 5) is 10.6. The Bertz CT molecular complexity index is 1230. The fraction of sp³-hybridized carbons (Fsp3) is 0.0870. The molecule has 0 saturated carbocycles. The molecule has 3 aromatic heterocycles. The largest absolute Gasteiger partial charge is 0.409 e. The molecule has 4 heteroatoms. The Morgan fingerprint density at radius 2 is 1.74 bits per heavy atom. The Kier molecular flexibility index (Phi) is 3.68. The van der Waals surface area contributed by atoms with Crippen LogP contribution in [0.4, 0.5) is 0 Å². The highest BCUT2D eigenvalue weighted by molar-refractivity contribution is 5.87. The van der Waals surface area contributed by atoms with E-state index in [4.69, 9.17) is 4.84 Å². The Labute approximate surface area is 157 Å². The van der Waals surface area contributed by atoms with Crippen LogP contribution in [-0.4, -0.2) is 14.3 Å². The number of pyridine rings is 1. The van der Waals surface area contributed by atoms with Crippen LogP contribution in [0.15, 0.2) is 85.3 Å². The Balaban J connectivity index is 1.50. The molecule has 0 saturated heterocycles. The average Bonchev–Trinajstić information content (AvgIpc) is 3.30. The molecule has 0 spiro atoms. The average molecular weight is 353 g/mol. The van der Waals surface area contributed by atoms with Gasteiger partial charge < -0.3 is 9.40 Å². The monoisotopic (exact) mass is 353 g/mol. The minimum atomic E-state index is 0.519. The highest BCUT2D eigenvalue weighted by Crippen LogP contribution is 2.27. The van der Waals surface area contributed by atoms with Gasteiger partial charge in [0.1, 0.15) is 12.1 Å². The van der Waals surface area contributed by atoms with Crippen LogP contribution in [0.2, 0.25) is 0 Å². The standard InChI is InChI=1S/C23H19N3O/c1-25-11-9-19-13-18(7-8-22(19)25)20-14-23-21(24-15-20)10-12-26(23)27-16-17-5-3-2-4-6-17/h2-15H,16H2,1H3. The smallest absolute Gasteiger partial charge is 0.140 e. The first-order valence-electron chi connectivity index (χ1n) is 8.98. The van der Waals surface area contributed by atoms with Crippen molar-refractivity contribution in [1.82, 2.24) is 14.3 Å². The molecular weight excluding hydrogens is 334 g/mol. The summed E-state index contributed by atoms with van der Waals surface area (Å²) in [5.41, 5.74) is 6.49. The molecule has 0 atom stereocenters. The van der Waals surface area contributed by atoms with Gasteiger partial charge in [0.15, 0.2) is 0 Å². The van der Waals surface area contributed by atoms with Crippen LogP contribution in [0.5, 0.6) is 0 Å². The van der Waals surface area contributed by atoms with Gasteiger partial charge in [-0.05, 0) is 41.5 Å². The van der Waals surface area contributed by atoms with Gasteiger partial charge in [-0.1, -0.05) is 36.4 Å². The van der Waals surface area contributed by atoms with Gasteiger partial charge in [-0.25, -0.2) is 0 Å². The number of hydrogen-bond donors (Lipinski definition) is 0. The third-order valence-electron chi connectivity index (χ3n) is 4.93. The maximum atomic E-state index is 5.98. The summed E-state index contributed by atoms with van der Waals surface area (Å²) in [5, 5.41) is 1.23. The number of aryl methyl sites for hydroxylation is 1. The molecule has 0 aliphatic heterocycles. The van der Waals surface area contributed by atoms with E-state index in [2.05, 4.69) is 65.3 Å². The van der Waals surface area contributed by atoms with E-state index in [0.717, 1.165) is 27.7 Å². The lowest BCUT2D eigenvalue weighted by atomic mass is 10.1. The number of aromatic nitrogens is 3. The van der Waals surface area contributed by atoms with Gasteiger partial charge in [-0.3, -0.25) is 4.98 Å². The van der Waals surface area contributed by atoms with Crippen LogP contribution in [-0.2, 0) is 13.7 Å². The molecule has 0 radical (unpaired) electrons. The van der Waals surface area contributed by atoms with E-state index in [0.29, 0.717) is 6.61 Å². The van der Waals surface area contributed by atoms with Gasteiger partial charge in [-0.2, -0.15) is 4.73 Å². The summed E-state index contributed by atoms with van der Waals surface area (Å²) >= 11 is 0. The zero-order valence-electron chi connectivity index (χ0n) is 15.0. The first-order valence-corrected chi connectivity index (χ1v) is 8.98. The zero-order valence-corrected chi connectivity index (χ0v) is 15.0. The van der Waals surface area contributed by atoms with Gasteiger partial charge in [0.05, 0.1) is 5.52 Å². The molecule has 132 valence electrons. The van der Waals surface area contributed by atoms with Crippen molar-refractivity contribution in [2.24, 2.45) is 7.05 Å². The molecule has 0 N–H and O–H groups in total. The van der Waals surface area contributed by atoms with E-state index in [1.54, 1.807) is 4.73 Å². The Morgan fingerprint density at radius 1 is 0.852 bits per heavy atom. The second-order valence-electron chi connectivity index (χ2n) is 6.73. The molecular formula is C23H19N3O. The van der Waals surface area contributed by atoms with E-state index < -0.39 is 0 Å². The fourth-order valence-corrected chi connectivity index (χ4v) is 3.44. The Morgan fingerprint density at radius 3 is 2.63 bits per heavy atom. The van der Waals surface area contributed by atoms with E-state index in [9.17, 15) is 0 Å². The highest BCUT2D eigenvalue weighted by Gasteiger charge is 2.08. The van der Waals surface area contributed by atoms with Gasteiger partial charge >= 0.3 is 0 Å². The maximum Gasteiger partial charge on any atom is 0.140 e. The predicted octanol–water partition coefficient (Wildman–Crippen LogP) is 4.82. The summed E-state index contributed by atoms with van der Waals surface area (Å²) in [5.74, 6) is 0. The number of hydrogen-bond acceptors (Lipinski definition) is 2. The summed E-state index contributed by atoms with van der Waals surface area (Å²) < 4.78 is 3.93.